The van der Waals surface area contributed by atoms with Gasteiger partial charge in [-0.05, 0) is 26.0 Å². The van der Waals surface area contributed by atoms with E-state index in [2.05, 4.69) is 20.4 Å². The van der Waals surface area contributed by atoms with Crippen molar-refractivity contribution >= 4 is 11.8 Å². The third kappa shape index (κ3) is 2.89. The normalized spacial score (nSPS) is 12.5. The van der Waals surface area contributed by atoms with Gasteiger partial charge in [-0.2, -0.15) is 0 Å². The standard InChI is InChI=1S/C13H14N6OS/c1-8-3-5-10(6-4-8)12-17-16-11(20-12)9(2)21-13-18-15-7-19(13)14/h3-7,9H,14H2,1-2H3/t9-/m0/s1. The molecule has 1 aromatic carbocycles. The molecule has 0 fully saturated rings. The number of benzene rings is 1. The third-order valence-electron chi connectivity index (χ3n) is 2.91. The average molecular weight is 302 g/mol. The van der Waals surface area contributed by atoms with Gasteiger partial charge in [0.05, 0.1) is 5.25 Å². The van der Waals surface area contributed by atoms with E-state index in [1.807, 2.05) is 38.1 Å². The Morgan fingerprint density at radius 3 is 2.62 bits per heavy atom. The molecule has 0 radical (unpaired) electrons. The quantitative estimate of drug-likeness (QED) is 0.583. The molecule has 0 saturated heterocycles. The third-order valence-corrected chi connectivity index (χ3v) is 3.97. The van der Waals surface area contributed by atoms with E-state index in [4.69, 9.17) is 10.3 Å². The molecule has 0 aliphatic heterocycles. The molecule has 0 unspecified atom stereocenters. The molecule has 1 atom stereocenters. The van der Waals surface area contributed by atoms with Crippen molar-refractivity contribution in [3.05, 3.63) is 42.0 Å². The van der Waals surface area contributed by atoms with E-state index in [1.165, 1.54) is 28.3 Å². The van der Waals surface area contributed by atoms with Crippen LogP contribution in [0, 0.1) is 6.92 Å². The molecule has 0 spiro atoms. The van der Waals surface area contributed by atoms with Gasteiger partial charge in [-0.15, -0.1) is 20.4 Å². The van der Waals surface area contributed by atoms with Crippen LogP contribution in [-0.2, 0) is 0 Å². The van der Waals surface area contributed by atoms with Gasteiger partial charge in [0.25, 0.3) is 0 Å². The zero-order chi connectivity index (χ0) is 14.8. The van der Waals surface area contributed by atoms with Crippen LogP contribution in [0.5, 0.6) is 0 Å². The summed E-state index contributed by atoms with van der Waals surface area (Å²) >= 11 is 1.41. The predicted molar refractivity (Wildman–Crippen MR) is 78.9 cm³/mol. The van der Waals surface area contributed by atoms with Crippen LogP contribution >= 0.6 is 11.8 Å². The van der Waals surface area contributed by atoms with E-state index in [0.29, 0.717) is 16.9 Å². The number of hydrogen-bond donors (Lipinski definition) is 1. The minimum absolute atomic E-state index is 0.0665. The molecule has 2 aromatic heterocycles. The molecule has 3 aromatic rings. The van der Waals surface area contributed by atoms with Gasteiger partial charge in [0.2, 0.25) is 16.9 Å². The minimum Gasteiger partial charge on any atom is -0.419 e. The molecule has 3 rings (SSSR count). The molecule has 0 aliphatic carbocycles. The van der Waals surface area contributed by atoms with Gasteiger partial charge in [-0.1, -0.05) is 29.5 Å². The molecule has 21 heavy (non-hydrogen) atoms. The molecule has 0 saturated carbocycles. The Balaban J connectivity index is 1.78. The van der Waals surface area contributed by atoms with E-state index < -0.39 is 0 Å². The molecule has 2 N–H and O–H groups in total. The van der Waals surface area contributed by atoms with Gasteiger partial charge >= 0.3 is 0 Å². The summed E-state index contributed by atoms with van der Waals surface area (Å²) in [5.74, 6) is 6.71. The highest BCUT2D eigenvalue weighted by atomic mass is 32.2. The topological polar surface area (TPSA) is 95.7 Å². The van der Waals surface area contributed by atoms with Crippen LogP contribution in [0.15, 0.2) is 40.2 Å². The van der Waals surface area contributed by atoms with Crippen LogP contribution in [0.3, 0.4) is 0 Å². The van der Waals surface area contributed by atoms with Crippen molar-refractivity contribution in [2.24, 2.45) is 0 Å². The van der Waals surface area contributed by atoms with Crippen molar-refractivity contribution in [1.29, 1.82) is 0 Å². The van der Waals surface area contributed by atoms with E-state index in [9.17, 15) is 0 Å². The van der Waals surface area contributed by atoms with Crippen LogP contribution in [-0.4, -0.2) is 25.1 Å². The summed E-state index contributed by atoms with van der Waals surface area (Å²) in [6.45, 7) is 3.98. The highest BCUT2D eigenvalue weighted by molar-refractivity contribution is 7.99. The lowest BCUT2D eigenvalue weighted by Crippen LogP contribution is -2.08. The highest BCUT2D eigenvalue weighted by Crippen LogP contribution is 2.33. The summed E-state index contributed by atoms with van der Waals surface area (Å²) in [6.07, 6.45) is 1.45. The van der Waals surface area contributed by atoms with Crippen LogP contribution in [0.4, 0.5) is 0 Å². The predicted octanol–water partition coefficient (Wildman–Crippen LogP) is 2.20. The number of aryl methyl sites for hydroxylation is 1. The van der Waals surface area contributed by atoms with Crippen molar-refractivity contribution in [3.63, 3.8) is 0 Å². The summed E-state index contributed by atoms with van der Waals surface area (Å²) in [5.41, 5.74) is 2.09. The van der Waals surface area contributed by atoms with Gasteiger partial charge in [0.15, 0.2) is 0 Å². The van der Waals surface area contributed by atoms with Crippen molar-refractivity contribution in [3.8, 4) is 11.5 Å². The molecule has 8 heteroatoms. The van der Waals surface area contributed by atoms with Gasteiger partial charge < -0.3 is 10.3 Å². The largest absolute Gasteiger partial charge is 0.419 e. The van der Waals surface area contributed by atoms with Gasteiger partial charge in [0, 0.05) is 5.56 Å². The fourth-order valence-corrected chi connectivity index (χ4v) is 2.51. The number of nitrogen functional groups attached to an aromatic ring is 1. The van der Waals surface area contributed by atoms with E-state index in [0.717, 1.165) is 5.56 Å². The smallest absolute Gasteiger partial charge is 0.247 e. The number of nitrogens with two attached hydrogens (primary N) is 1. The first-order chi connectivity index (χ1) is 10.1. The molecule has 0 aliphatic rings. The van der Waals surface area contributed by atoms with Gasteiger partial charge in [0.1, 0.15) is 6.33 Å². The second-order valence-electron chi connectivity index (χ2n) is 4.59. The molecule has 7 nitrogen and oxygen atoms in total. The Morgan fingerprint density at radius 2 is 1.95 bits per heavy atom. The number of rotatable bonds is 4. The summed E-state index contributed by atoms with van der Waals surface area (Å²) in [7, 11) is 0. The molecule has 108 valence electrons. The van der Waals surface area contributed by atoms with Crippen molar-refractivity contribution in [1.82, 2.24) is 25.1 Å². The second kappa shape index (κ2) is 5.57. The Hall–Kier alpha value is -2.35. The van der Waals surface area contributed by atoms with Crippen LogP contribution < -0.4 is 5.84 Å². The fourth-order valence-electron chi connectivity index (χ4n) is 1.74. The molecule has 2 heterocycles. The molecular weight excluding hydrogens is 288 g/mol. The summed E-state index contributed by atoms with van der Waals surface area (Å²) in [4.78, 5) is 0. The number of thioether (sulfide) groups is 1. The monoisotopic (exact) mass is 302 g/mol. The van der Waals surface area contributed by atoms with E-state index in [1.54, 1.807) is 0 Å². The molecule has 0 amide bonds. The first-order valence-corrected chi connectivity index (χ1v) is 7.23. The second-order valence-corrected chi connectivity index (χ2v) is 5.90. The molecular formula is C13H14N6OS. The SMILES string of the molecule is Cc1ccc(-c2nnc([C@H](C)Sc3nncn3N)o2)cc1. The summed E-state index contributed by atoms with van der Waals surface area (Å²) < 4.78 is 7.08. The van der Waals surface area contributed by atoms with Crippen molar-refractivity contribution < 1.29 is 4.42 Å². The van der Waals surface area contributed by atoms with Crippen molar-refractivity contribution in [2.75, 3.05) is 5.84 Å². The zero-order valence-corrected chi connectivity index (χ0v) is 12.4. The van der Waals surface area contributed by atoms with E-state index >= 15 is 0 Å². The Kier molecular flexibility index (Phi) is 3.61. The number of hydrogen-bond acceptors (Lipinski definition) is 7. The lowest BCUT2D eigenvalue weighted by molar-refractivity contribution is 0.509. The Labute approximate surface area is 125 Å². The van der Waals surface area contributed by atoms with E-state index in [-0.39, 0.29) is 5.25 Å². The Morgan fingerprint density at radius 1 is 1.19 bits per heavy atom. The van der Waals surface area contributed by atoms with Crippen molar-refractivity contribution in [2.45, 2.75) is 24.3 Å². The molecule has 0 bridgehead atoms. The lowest BCUT2D eigenvalue weighted by atomic mass is 10.1. The van der Waals surface area contributed by atoms with Crippen LogP contribution in [0.25, 0.3) is 11.5 Å². The maximum Gasteiger partial charge on any atom is 0.247 e. The average Bonchev–Trinajstić information content (AvgIpc) is 3.10. The summed E-state index contributed by atoms with van der Waals surface area (Å²) in [5, 5.41) is 16.3. The van der Waals surface area contributed by atoms with Crippen LogP contribution in [0.1, 0.15) is 23.6 Å². The first kappa shape index (κ1) is 13.6. The maximum atomic E-state index is 5.72. The summed E-state index contributed by atoms with van der Waals surface area (Å²) in [6, 6.07) is 7.93. The maximum absolute atomic E-state index is 5.72. The minimum atomic E-state index is -0.0665. The number of nitrogens with zero attached hydrogens (tertiary/aromatic N) is 5. The number of aromatic nitrogens is 5. The zero-order valence-electron chi connectivity index (χ0n) is 11.6. The van der Waals surface area contributed by atoms with Crippen LogP contribution in [0.2, 0.25) is 0 Å². The van der Waals surface area contributed by atoms with Gasteiger partial charge in [-0.3, -0.25) is 0 Å². The first-order valence-electron chi connectivity index (χ1n) is 6.35. The fraction of sp³-hybridized carbons (Fsp3) is 0.231. The lowest BCUT2D eigenvalue weighted by Gasteiger charge is -2.04. The highest BCUT2D eigenvalue weighted by Gasteiger charge is 2.18. The Bertz CT molecular complexity index is 735. The van der Waals surface area contributed by atoms with Gasteiger partial charge in [-0.25, -0.2) is 4.68 Å².